The van der Waals surface area contributed by atoms with Crippen LogP contribution >= 0.6 is 0 Å². The second kappa shape index (κ2) is 6.12. The standard InChI is InChI=1S/C17H23N3O4/c1-10(2)14-13(6-18-11(3)19-14)15(21)20-7-12-8-24-5-4-17(12,9-20)16(22)23/h6,10,12H,4-5,7-9H2,1-3H3,(H,22,23)/t12-,17+/m0/s1. The summed E-state index contributed by atoms with van der Waals surface area (Å²) in [5, 5.41) is 9.73. The Balaban J connectivity index is 1.91. The molecular formula is C17H23N3O4. The lowest BCUT2D eigenvalue weighted by atomic mass is 9.74. The average molecular weight is 333 g/mol. The highest BCUT2D eigenvalue weighted by Gasteiger charge is 2.55. The van der Waals surface area contributed by atoms with E-state index in [9.17, 15) is 14.7 Å². The van der Waals surface area contributed by atoms with E-state index in [2.05, 4.69) is 9.97 Å². The number of amides is 1. The number of hydrogen-bond donors (Lipinski definition) is 1. The maximum absolute atomic E-state index is 13.0. The van der Waals surface area contributed by atoms with Gasteiger partial charge in [0.1, 0.15) is 5.82 Å². The lowest BCUT2D eigenvalue weighted by Crippen LogP contribution is -2.45. The molecule has 2 aliphatic rings. The minimum Gasteiger partial charge on any atom is -0.481 e. The molecule has 0 aliphatic carbocycles. The first kappa shape index (κ1) is 16.8. The Bertz CT molecular complexity index is 676. The Morgan fingerprint density at radius 2 is 2.21 bits per heavy atom. The second-order valence-corrected chi connectivity index (χ2v) is 7.04. The van der Waals surface area contributed by atoms with Crippen LogP contribution in [0.25, 0.3) is 0 Å². The molecule has 2 saturated heterocycles. The third-order valence-corrected chi connectivity index (χ3v) is 5.14. The van der Waals surface area contributed by atoms with Gasteiger partial charge in [0.2, 0.25) is 0 Å². The maximum Gasteiger partial charge on any atom is 0.311 e. The number of aromatic nitrogens is 2. The van der Waals surface area contributed by atoms with Crippen LogP contribution in [-0.4, -0.2) is 58.2 Å². The zero-order valence-electron chi connectivity index (χ0n) is 14.3. The van der Waals surface area contributed by atoms with E-state index >= 15 is 0 Å². The number of nitrogens with zero attached hydrogens (tertiary/aromatic N) is 3. The number of carboxylic acid groups (broad SMARTS) is 1. The fraction of sp³-hybridized carbons (Fsp3) is 0.647. The molecule has 3 rings (SSSR count). The average Bonchev–Trinajstić information content (AvgIpc) is 2.95. The van der Waals surface area contributed by atoms with Crippen molar-refractivity contribution in [2.75, 3.05) is 26.3 Å². The van der Waals surface area contributed by atoms with Crippen LogP contribution in [-0.2, 0) is 9.53 Å². The van der Waals surface area contributed by atoms with Crippen molar-refractivity contribution in [3.05, 3.63) is 23.3 Å². The molecule has 0 spiro atoms. The normalized spacial score (nSPS) is 26.5. The number of aryl methyl sites for hydroxylation is 1. The van der Waals surface area contributed by atoms with Crippen molar-refractivity contribution in [3.63, 3.8) is 0 Å². The van der Waals surface area contributed by atoms with Crippen LogP contribution in [0.5, 0.6) is 0 Å². The predicted octanol–water partition coefficient (Wildman–Crippen LogP) is 1.47. The number of likely N-dealkylation sites (tertiary alicyclic amines) is 1. The molecule has 2 atom stereocenters. The Morgan fingerprint density at radius 3 is 2.83 bits per heavy atom. The zero-order chi connectivity index (χ0) is 17.5. The Hall–Kier alpha value is -2.02. The monoisotopic (exact) mass is 333 g/mol. The van der Waals surface area contributed by atoms with Crippen LogP contribution in [0.1, 0.15) is 48.1 Å². The molecule has 130 valence electrons. The number of carbonyl (C=O) groups excluding carboxylic acids is 1. The van der Waals surface area contributed by atoms with Gasteiger partial charge >= 0.3 is 5.97 Å². The maximum atomic E-state index is 13.0. The van der Waals surface area contributed by atoms with Crippen molar-refractivity contribution in [1.29, 1.82) is 0 Å². The van der Waals surface area contributed by atoms with E-state index in [1.807, 2.05) is 13.8 Å². The van der Waals surface area contributed by atoms with Gasteiger partial charge in [-0.25, -0.2) is 9.97 Å². The van der Waals surface area contributed by atoms with Gasteiger partial charge in [0.05, 0.1) is 23.3 Å². The van der Waals surface area contributed by atoms with Gasteiger partial charge in [0.15, 0.2) is 0 Å². The molecule has 7 nitrogen and oxygen atoms in total. The van der Waals surface area contributed by atoms with Crippen molar-refractivity contribution in [3.8, 4) is 0 Å². The van der Waals surface area contributed by atoms with E-state index in [0.717, 1.165) is 0 Å². The van der Waals surface area contributed by atoms with Gasteiger partial charge in [0.25, 0.3) is 5.91 Å². The van der Waals surface area contributed by atoms with Crippen LogP contribution in [0.15, 0.2) is 6.20 Å². The fourth-order valence-electron chi connectivity index (χ4n) is 3.72. The van der Waals surface area contributed by atoms with Crippen molar-refractivity contribution in [2.45, 2.75) is 33.1 Å². The fourth-order valence-corrected chi connectivity index (χ4v) is 3.72. The van der Waals surface area contributed by atoms with E-state index in [1.54, 1.807) is 18.0 Å². The lowest BCUT2D eigenvalue weighted by Gasteiger charge is -2.33. The van der Waals surface area contributed by atoms with Gasteiger partial charge in [-0.2, -0.15) is 0 Å². The van der Waals surface area contributed by atoms with Crippen molar-refractivity contribution >= 4 is 11.9 Å². The molecule has 0 aromatic carbocycles. The third kappa shape index (κ3) is 2.66. The topological polar surface area (TPSA) is 92.6 Å². The molecule has 7 heteroatoms. The molecule has 0 radical (unpaired) electrons. The summed E-state index contributed by atoms with van der Waals surface area (Å²) in [6.45, 7) is 7.19. The lowest BCUT2D eigenvalue weighted by molar-refractivity contribution is -0.157. The van der Waals surface area contributed by atoms with E-state index in [0.29, 0.717) is 43.3 Å². The summed E-state index contributed by atoms with van der Waals surface area (Å²) >= 11 is 0. The van der Waals surface area contributed by atoms with Crippen molar-refractivity contribution in [1.82, 2.24) is 14.9 Å². The Labute approximate surface area is 141 Å². The molecule has 24 heavy (non-hydrogen) atoms. The van der Waals surface area contributed by atoms with E-state index in [4.69, 9.17) is 4.74 Å². The molecule has 1 aromatic rings. The minimum absolute atomic E-state index is 0.0901. The van der Waals surface area contributed by atoms with E-state index in [1.165, 1.54) is 0 Å². The van der Waals surface area contributed by atoms with Gasteiger partial charge in [-0.1, -0.05) is 13.8 Å². The largest absolute Gasteiger partial charge is 0.481 e. The number of fused-ring (bicyclic) bond motifs is 1. The molecule has 1 amide bonds. The first-order valence-corrected chi connectivity index (χ1v) is 8.29. The van der Waals surface area contributed by atoms with Gasteiger partial charge < -0.3 is 14.7 Å². The number of aliphatic carboxylic acids is 1. The summed E-state index contributed by atoms with van der Waals surface area (Å²) < 4.78 is 5.44. The van der Waals surface area contributed by atoms with Crippen LogP contribution in [0.2, 0.25) is 0 Å². The smallest absolute Gasteiger partial charge is 0.311 e. The van der Waals surface area contributed by atoms with Gasteiger partial charge in [-0.3, -0.25) is 9.59 Å². The highest BCUT2D eigenvalue weighted by molar-refractivity contribution is 5.96. The van der Waals surface area contributed by atoms with Crippen LogP contribution in [0, 0.1) is 18.3 Å². The van der Waals surface area contributed by atoms with E-state index < -0.39 is 11.4 Å². The predicted molar refractivity (Wildman–Crippen MR) is 85.8 cm³/mol. The molecule has 1 aromatic heterocycles. The highest BCUT2D eigenvalue weighted by Crippen LogP contribution is 2.43. The van der Waals surface area contributed by atoms with Crippen LogP contribution in [0.4, 0.5) is 0 Å². The molecule has 0 unspecified atom stereocenters. The molecule has 2 aliphatic heterocycles. The van der Waals surface area contributed by atoms with Gasteiger partial charge in [0, 0.05) is 31.8 Å². The summed E-state index contributed by atoms with van der Waals surface area (Å²) in [6.07, 6.45) is 2.00. The number of hydrogen-bond acceptors (Lipinski definition) is 5. The first-order chi connectivity index (χ1) is 11.3. The molecule has 0 bridgehead atoms. The second-order valence-electron chi connectivity index (χ2n) is 7.04. The number of ether oxygens (including phenoxy) is 1. The van der Waals surface area contributed by atoms with E-state index in [-0.39, 0.29) is 24.3 Å². The summed E-state index contributed by atoms with van der Waals surface area (Å²) in [6, 6.07) is 0. The molecule has 1 N–H and O–H groups in total. The van der Waals surface area contributed by atoms with Crippen LogP contribution in [0.3, 0.4) is 0 Å². The molecular weight excluding hydrogens is 310 g/mol. The number of rotatable bonds is 3. The van der Waals surface area contributed by atoms with Crippen LogP contribution < -0.4 is 0 Å². The Morgan fingerprint density at radius 1 is 1.46 bits per heavy atom. The molecule has 3 heterocycles. The van der Waals surface area contributed by atoms with Gasteiger partial charge in [-0.05, 0) is 19.3 Å². The quantitative estimate of drug-likeness (QED) is 0.900. The summed E-state index contributed by atoms with van der Waals surface area (Å²) in [7, 11) is 0. The van der Waals surface area contributed by atoms with Gasteiger partial charge in [-0.15, -0.1) is 0 Å². The highest BCUT2D eigenvalue weighted by atomic mass is 16.5. The molecule has 0 saturated carbocycles. The SMILES string of the molecule is Cc1ncc(C(=O)N2C[C@H]3COCC[C@@]3(C(=O)O)C2)c(C(C)C)n1. The Kier molecular flexibility index (Phi) is 4.29. The first-order valence-electron chi connectivity index (χ1n) is 8.29. The number of carbonyl (C=O) groups is 2. The summed E-state index contributed by atoms with van der Waals surface area (Å²) in [5.74, 6) is -0.473. The summed E-state index contributed by atoms with van der Waals surface area (Å²) in [4.78, 5) is 35.1. The van der Waals surface area contributed by atoms with Crippen molar-refractivity contribution in [2.24, 2.45) is 11.3 Å². The summed E-state index contributed by atoms with van der Waals surface area (Å²) in [5.41, 5.74) is 0.288. The zero-order valence-corrected chi connectivity index (χ0v) is 14.3. The van der Waals surface area contributed by atoms with Crippen molar-refractivity contribution < 1.29 is 19.4 Å². The molecule has 2 fully saturated rings. The minimum atomic E-state index is -0.891. The number of carboxylic acids is 1. The third-order valence-electron chi connectivity index (χ3n) is 5.14.